The molecule has 1 amide bonds. The van der Waals surface area contributed by atoms with Gasteiger partial charge in [-0.1, -0.05) is 30.3 Å². The maximum Gasteiger partial charge on any atom is 0.287 e. The Morgan fingerprint density at radius 2 is 1.95 bits per heavy atom. The van der Waals surface area contributed by atoms with E-state index < -0.39 is 5.54 Å². The number of halogens is 2. The summed E-state index contributed by atoms with van der Waals surface area (Å²) in [5, 5.41) is 3.04. The summed E-state index contributed by atoms with van der Waals surface area (Å²) < 4.78 is 5.08. The summed E-state index contributed by atoms with van der Waals surface area (Å²) in [5.41, 5.74) is 0.259. The molecule has 5 heteroatoms. The van der Waals surface area contributed by atoms with Crippen LogP contribution >= 0.6 is 23.2 Å². The Balaban J connectivity index is 2.22. The van der Waals surface area contributed by atoms with Gasteiger partial charge in [-0.05, 0) is 36.2 Å². The van der Waals surface area contributed by atoms with E-state index in [2.05, 4.69) is 5.32 Å². The van der Waals surface area contributed by atoms with Crippen molar-refractivity contribution in [2.75, 3.05) is 5.88 Å². The van der Waals surface area contributed by atoms with Gasteiger partial charge in [0.15, 0.2) is 11.0 Å². The van der Waals surface area contributed by atoms with Crippen molar-refractivity contribution in [2.24, 2.45) is 0 Å². The number of hydrogen-bond donors (Lipinski definition) is 1. The fraction of sp³-hybridized carbons (Fsp3) is 0.214. The molecule has 0 saturated carbocycles. The van der Waals surface area contributed by atoms with E-state index in [-0.39, 0.29) is 22.8 Å². The average molecular weight is 298 g/mol. The van der Waals surface area contributed by atoms with Crippen LogP contribution in [0.25, 0.3) is 0 Å². The highest BCUT2D eigenvalue weighted by Crippen LogP contribution is 2.23. The summed E-state index contributed by atoms with van der Waals surface area (Å²) in [6, 6.07) is 12.6. The van der Waals surface area contributed by atoms with Crippen LogP contribution in [-0.4, -0.2) is 11.8 Å². The first-order valence-corrected chi connectivity index (χ1v) is 6.66. The van der Waals surface area contributed by atoms with Crippen LogP contribution in [0, 0.1) is 0 Å². The molecule has 1 unspecified atom stereocenters. The van der Waals surface area contributed by atoms with E-state index >= 15 is 0 Å². The maximum absolute atomic E-state index is 12.1. The number of rotatable bonds is 4. The van der Waals surface area contributed by atoms with Crippen LogP contribution < -0.4 is 5.32 Å². The van der Waals surface area contributed by atoms with Gasteiger partial charge >= 0.3 is 0 Å². The van der Waals surface area contributed by atoms with Crippen molar-refractivity contribution in [3.8, 4) is 0 Å². The molecule has 1 heterocycles. The smallest absolute Gasteiger partial charge is 0.287 e. The van der Waals surface area contributed by atoms with E-state index in [1.807, 2.05) is 37.3 Å². The Labute approximate surface area is 121 Å². The van der Waals surface area contributed by atoms with Crippen molar-refractivity contribution in [3.05, 3.63) is 59.0 Å². The number of carbonyl (C=O) groups excluding carboxylic acids is 1. The summed E-state index contributed by atoms with van der Waals surface area (Å²) in [4.78, 5) is 12.1. The van der Waals surface area contributed by atoms with Crippen LogP contribution in [0.1, 0.15) is 23.0 Å². The molecule has 0 aliphatic rings. The summed E-state index contributed by atoms with van der Waals surface area (Å²) in [5.74, 6) is 0.0631. The van der Waals surface area contributed by atoms with Crippen molar-refractivity contribution in [1.82, 2.24) is 5.32 Å². The van der Waals surface area contributed by atoms with Gasteiger partial charge in [0.2, 0.25) is 0 Å². The van der Waals surface area contributed by atoms with E-state index in [9.17, 15) is 4.79 Å². The zero-order valence-electron chi connectivity index (χ0n) is 10.3. The molecule has 0 bridgehead atoms. The standard InChI is InChI=1S/C14H13Cl2NO2/c1-14(9-15,10-5-3-2-4-6-10)17-13(18)11-7-8-12(16)19-11/h2-8H,9H2,1H3,(H,17,18). The van der Waals surface area contributed by atoms with Gasteiger partial charge < -0.3 is 9.73 Å². The molecule has 1 aromatic carbocycles. The Kier molecular flexibility index (Phi) is 4.17. The third-order valence-corrected chi connectivity index (χ3v) is 3.60. The maximum atomic E-state index is 12.1. The summed E-state index contributed by atoms with van der Waals surface area (Å²) >= 11 is 11.7. The molecule has 0 fully saturated rings. The minimum absolute atomic E-state index is 0.164. The van der Waals surface area contributed by atoms with Crippen molar-refractivity contribution >= 4 is 29.1 Å². The summed E-state index contributed by atoms with van der Waals surface area (Å²) in [6.45, 7) is 1.86. The molecule has 2 aromatic rings. The van der Waals surface area contributed by atoms with Crippen LogP contribution in [-0.2, 0) is 5.54 Å². The fourth-order valence-corrected chi connectivity index (χ4v) is 2.10. The van der Waals surface area contributed by atoms with Crippen LogP contribution in [0.3, 0.4) is 0 Å². The van der Waals surface area contributed by atoms with Gasteiger partial charge in [-0.25, -0.2) is 0 Å². The molecule has 0 radical (unpaired) electrons. The molecule has 100 valence electrons. The molecule has 0 spiro atoms. The number of benzene rings is 1. The normalized spacial score (nSPS) is 13.8. The number of alkyl halides is 1. The second-order valence-corrected chi connectivity index (χ2v) is 5.03. The first kappa shape index (κ1) is 14.0. The SMILES string of the molecule is CC(CCl)(NC(=O)c1ccc(Cl)o1)c1ccccc1. The second kappa shape index (κ2) is 5.68. The third-order valence-electron chi connectivity index (χ3n) is 2.86. The molecule has 1 N–H and O–H groups in total. The Morgan fingerprint density at radius 3 is 2.47 bits per heavy atom. The highest BCUT2D eigenvalue weighted by atomic mass is 35.5. The predicted molar refractivity (Wildman–Crippen MR) is 75.7 cm³/mol. The van der Waals surface area contributed by atoms with Crippen LogP contribution in [0.2, 0.25) is 5.22 Å². The molecule has 19 heavy (non-hydrogen) atoms. The molecule has 1 aromatic heterocycles. The van der Waals surface area contributed by atoms with Crippen molar-refractivity contribution < 1.29 is 9.21 Å². The highest BCUT2D eigenvalue weighted by Gasteiger charge is 2.28. The molecule has 0 aliphatic carbocycles. The number of furan rings is 1. The zero-order valence-corrected chi connectivity index (χ0v) is 11.8. The fourth-order valence-electron chi connectivity index (χ4n) is 1.74. The van der Waals surface area contributed by atoms with Crippen molar-refractivity contribution in [2.45, 2.75) is 12.5 Å². The minimum atomic E-state index is -0.667. The molecular formula is C14H13Cl2NO2. The van der Waals surface area contributed by atoms with Crippen LogP contribution in [0.15, 0.2) is 46.9 Å². The summed E-state index contributed by atoms with van der Waals surface area (Å²) in [6.07, 6.45) is 0. The summed E-state index contributed by atoms with van der Waals surface area (Å²) in [7, 11) is 0. The van der Waals surface area contributed by atoms with Crippen molar-refractivity contribution in [3.63, 3.8) is 0 Å². The van der Waals surface area contributed by atoms with Crippen LogP contribution in [0.4, 0.5) is 0 Å². The lowest BCUT2D eigenvalue weighted by Crippen LogP contribution is -2.44. The van der Waals surface area contributed by atoms with E-state index in [1.165, 1.54) is 12.1 Å². The molecule has 0 aliphatic heterocycles. The monoisotopic (exact) mass is 297 g/mol. The molecule has 1 atom stereocenters. The van der Waals surface area contributed by atoms with E-state index in [4.69, 9.17) is 27.6 Å². The van der Waals surface area contributed by atoms with Gasteiger partial charge in [-0.3, -0.25) is 4.79 Å². The van der Waals surface area contributed by atoms with E-state index in [0.29, 0.717) is 0 Å². The van der Waals surface area contributed by atoms with Crippen molar-refractivity contribution in [1.29, 1.82) is 0 Å². The lowest BCUT2D eigenvalue weighted by Gasteiger charge is -2.28. The van der Waals surface area contributed by atoms with Gasteiger partial charge in [-0.15, -0.1) is 11.6 Å². The first-order chi connectivity index (χ1) is 9.05. The van der Waals surface area contributed by atoms with Gasteiger partial charge in [0.1, 0.15) is 0 Å². The number of amides is 1. The first-order valence-electron chi connectivity index (χ1n) is 5.74. The largest absolute Gasteiger partial charge is 0.440 e. The van der Waals surface area contributed by atoms with Gasteiger partial charge in [0.05, 0.1) is 5.54 Å². The van der Waals surface area contributed by atoms with Gasteiger partial charge in [0.25, 0.3) is 5.91 Å². The minimum Gasteiger partial charge on any atom is -0.440 e. The van der Waals surface area contributed by atoms with Gasteiger partial charge in [0, 0.05) is 5.88 Å². The Bertz CT molecular complexity index is 568. The topological polar surface area (TPSA) is 42.2 Å². The van der Waals surface area contributed by atoms with Gasteiger partial charge in [-0.2, -0.15) is 0 Å². The average Bonchev–Trinajstić information content (AvgIpc) is 2.86. The third kappa shape index (κ3) is 3.11. The molecule has 3 nitrogen and oxygen atoms in total. The number of carbonyl (C=O) groups is 1. The zero-order chi connectivity index (χ0) is 13.9. The molecule has 0 saturated heterocycles. The molecule has 2 rings (SSSR count). The van der Waals surface area contributed by atoms with E-state index in [1.54, 1.807) is 0 Å². The Morgan fingerprint density at radius 1 is 1.26 bits per heavy atom. The predicted octanol–water partition coefficient (Wildman–Crippen LogP) is 3.82. The lowest BCUT2D eigenvalue weighted by molar-refractivity contribution is 0.0884. The van der Waals surface area contributed by atoms with Crippen LogP contribution in [0.5, 0.6) is 0 Å². The lowest BCUT2D eigenvalue weighted by atomic mass is 9.94. The highest BCUT2D eigenvalue weighted by molar-refractivity contribution is 6.29. The number of nitrogens with one attached hydrogen (secondary N) is 1. The Hall–Kier alpha value is -1.45. The van der Waals surface area contributed by atoms with E-state index in [0.717, 1.165) is 5.56 Å². The second-order valence-electron chi connectivity index (χ2n) is 4.39. The molecular weight excluding hydrogens is 285 g/mol. The number of hydrogen-bond acceptors (Lipinski definition) is 2. The quantitative estimate of drug-likeness (QED) is 0.872.